The number of carboxylic acids is 1. The number of aryl methyl sites for hydroxylation is 3. The van der Waals surface area contributed by atoms with E-state index in [0.29, 0.717) is 18.0 Å². The molecule has 0 spiro atoms. The first-order valence-electron chi connectivity index (χ1n) is 7.07. The summed E-state index contributed by atoms with van der Waals surface area (Å²) >= 11 is 0. The Hall–Kier alpha value is -2.10. The number of rotatable bonds is 4. The van der Waals surface area contributed by atoms with Crippen LogP contribution in [-0.4, -0.2) is 16.1 Å². The van der Waals surface area contributed by atoms with E-state index in [1.807, 2.05) is 32.9 Å². The third kappa shape index (κ3) is 3.51. The summed E-state index contributed by atoms with van der Waals surface area (Å²) in [6.45, 7) is 7.86. The summed E-state index contributed by atoms with van der Waals surface area (Å²) in [4.78, 5) is 15.7. The fourth-order valence-corrected chi connectivity index (χ4v) is 2.26. The Bertz CT molecular complexity index is 650. The number of oxazole rings is 1. The molecule has 0 aliphatic rings. The van der Waals surface area contributed by atoms with E-state index in [4.69, 9.17) is 4.42 Å². The third-order valence-corrected chi connectivity index (χ3v) is 3.45. The molecule has 112 valence electrons. The molecule has 1 aromatic heterocycles. The van der Waals surface area contributed by atoms with Crippen molar-refractivity contribution in [1.82, 2.24) is 4.98 Å². The van der Waals surface area contributed by atoms with Crippen molar-refractivity contribution < 1.29 is 14.3 Å². The number of carboxylic acid groups (broad SMARTS) is 1. The minimum absolute atomic E-state index is 0.0396. The molecule has 4 nitrogen and oxygen atoms in total. The van der Waals surface area contributed by atoms with Gasteiger partial charge in [0, 0.05) is 11.8 Å². The van der Waals surface area contributed by atoms with Crippen LogP contribution in [0, 0.1) is 6.92 Å². The minimum Gasteiger partial charge on any atom is -0.475 e. The van der Waals surface area contributed by atoms with Crippen molar-refractivity contribution in [2.75, 3.05) is 0 Å². The van der Waals surface area contributed by atoms with Crippen molar-refractivity contribution in [2.24, 2.45) is 0 Å². The molecule has 0 unspecified atom stereocenters. The van der Waals surface area contributed by atoms with Crippen LogP contribution in [0.4, 0.5) is 0 Å². The van der Waals surface area contributed by atoms with Crippen molar-refractivity contribution in [3.63, 3.8) is 0 Å². The lowest BCUT2D eigenvalue weighted by Crippen LogP contribution is -2.16. The van der Waals surface area contributed by atoms with E-state index in [0.717, 1.165) is 6.42 Å². The molecule has 0 amide bonds. The van der Waals surface area contributed by atoms with E-state index in [2.05, 4.69) is 24.0 Å². The highest BCUT2D eigenvalue weighted by atomic mass is 16.4. The Kier molecular flexibility index (Phi) is 4.16. The lowest BCUT2D eigenvalue weighted by atomic mass is 9.91. The van der Waals surface area contributed by atoms with E-state index in [9.17, 15) is 9.90 Å². The molecule has 0 bridgehead atoms. The highest BCUT2D eigenvalue weighted by molar-refractivity contribution is 5.86. The molecule has 4 heteroatoms. The lowest BCUT2D eigenvalue weighted by Gasteiger charge is -2.14. The Morgan fingerprint density at radius 3 is 2.43 bits per heavy atom. The summed E-state index contributed by atoms with van der Waals surface area (Å²) in [6.07, 6.45) is 1.39. The molecule has 0 atom stereocenters. The van der Waals surface area contributed by atoms with Gasteiger partial charge in [-0.1, -0.05) is 45.0 Å². The lowest BCUT2D eigenvalue weighted by molar-refractivity contribution is 0.0656. The van der Waals surface area contributed by atoms with Gasteiger partial charge in [-0.3, -0.25) is 0 Å². The van der Waals surface area contributed by atoms with Crippen molar-refractivity contribution in [3.05, 3.63) is 52.7 Å². The number of benzene rings is 1. The number of hydrogen-bond donors (Lipinski definition) is 1. The van der Waals surface area contributed by atoms with E-state index >= 15 is 0 Å². The maximum atomic E-state index is 11.3. The maximum Gasteiger partial charge on any atom is 0.373 e. The normalized spacial score (nSPS) is 11.6. The molecule has 1 heterocycles. The van der Waals surface area contributed by atoms with E-state index < -0.39 is 5.97 Å². The third-order valence-electron chi connectivity index (χ3n) is 3.45. The zero-order valence-corrected chi connectivity index (χ0v) is 12.9. The highest BCUT2D eigenvalue weighted by Crippen LogP contribution is 2.26. The van der Waals surface area contributed by atoms with Crippen molar-refractivity contribution in [3.8, 4) is 0 Å². The first-order chi connectivity index (χ1) is 9.79. The van der Waals surface area contributed by atoms with Crippen molar-refractivity contribution in [1.29, 1.82) is 0 Å². The second-order valence-electron chi connectivity index (χ2n) is 6.27. The van der Waals surface area contributed by atoms with Crippen LogP contribution in [0.1, 0.15) is 54.0 Å². The van der Waals surface area contributed by atoms with Gasteiger partial charge in [0.1, 0.15) is 0 Å². The van der Waals surface area contributed by atoms with Crippen molar-refractivity contribution in [2.45, 2.75) is 46.0 Å². The summed E-state index contributed by atoms with van der Waals surface area (Å²) in [5.74, 6) is -0.613. The van der Waals surface area contributed by atoms with Gasteiger partial charge in [-0.05, 0) is 24.5 Å². The Morgan fingerprint density at radius 1 is 1.24 bits per heavy atom. The Balaban J connectivity index is 2.22. The first kappa shape index (κ1) is 15.3. The average Bonchev–Trinajstić information content (AvgIpc) is 2.82. The van der Waals surface area contributed by atoms with Crippen LogP contribution in [0.15, 0.2) is 28.7 Å². The maximum absolute atomic E-state index is 11.3. The van der Waals surface area contributed by atoms with Gasteiger partial charge < -0.3 is 9.52 Å². The molecule has 0 aliphatic heterocycles. The largest absolute Gasteiger partial charge is 0.475 e. The van der Waals surface area contributed by atoms with Crippen LogP contribution < -0.4 is 0 Å². The average molecular weight is 287 g/mol. The fraction of sp³-hybridized carbons (Fsp3) is 0.412. The Labute approximate surface area is 124 Å². The number of aromatic nitrogens is 1. The quantitative estimate of drug-likeness (QED) is 0.929. The van der Waals surface area contributed by atoms with Crippen LogP contribution in [0.5, 0.6) is 0 Å². The van der Waals surface area contributed by atoms with Crippen LogP contribution in [0.2, 0.25) is 0 Å². The zero-order valence-electron chi connectivity index (χ0n) is 12.9. The van der Waals surface area contributed by atoms with Gasteiger partial charge >= 0.3 is 5.97 Å². The molecule has 0 fully saturated rings. The smallest absolute Gasteiger partial charge is 0.373 e. The molecule has 2 aromatic rings. The van der Waals surface area contributed by atoms with Gasteiger partial charge in [0.15, 0.2) is 5.89 Å². The molecule has 0 aliphatic carbocycles. The summed E-state index contributed by atoms with van der Waals surface area (Å²) in [6, 6.07) is 8.14. The minimum atomic E-state index is -1.06. The predicted molar refractivity (Wildman–Crippen MR) is 80.7 cm³/mol. The van der Waals surface area contributed by atoms with Gasteiger partial charge in [-0.15, -0.1) is 0 Å². The highest BCUT2D eigenvalue weighted by Gasteiger charge is 2.28. The monoisotopic (exact) mass is 287 g/mol. The molecule has 1 aromatic carbocycles. The molecule has 2 rings (SSSR count). The van der Waals surface area contributed by atoms with Crippen LogP contribution >= 0.6 is 0 Å². The SMILES string of the molecule is Cc1ccccc1CCc1nc(C(C)(C)C)c(C(=O)O)o1. The summed E-state index contributed by atoms with van der Waals surface area (Å²) < 4.78 is 5.45. The topological polar surface area (TPSA) is 63.3 Å². The van der Waals surface area contributed by atoms with Gasteiger partial charge in [0.2, 0.25) is 5.76 Å². The van der Waals surface area contributed by atoms with E-state index in [1.54, 1.807) is 0 Å². The Morgan fingerprint density at radius 2 is 1.90 bits per heavy atom. The standard InChI is InChI=1S/C17H21NO3/c1-11-7-5-6-8-12(11)9-10-13-18-15(17(2,3)4)14(21-13)16(19)20/h5-8H,9-10H2,1-4H3,(H,19,20). The predicted octanol–water partition coefficient (Wildman–Crippen LogP) is 3.76. The first-order valence-corrected chi connectivity index (χ1v) is 7.07. The van der Waals surface area contributed by atoms with Crippen LogP contribution in [-0.2, 0) is 18.3 Å². The van der Waals surface area contributed by atoms with E-state index in [1.165, 1.54) is 11.1 Å². The van der Waals surface area contributed by atoms with Gasteiger partial charge in [0.05, 0.1) is 5.69 Å². The van der Waals surface area contributed by atoms with E-state index in [-0.39, 0.29) is 11.2 Å². The molecule has 0 saturated heterocycles. The summed E-state index contributed by atoms with van der Waals surface area (Å²) in [5, 5.41) is 9.24. The van der Waals surface area contributed by atoms with Gasteiger partial charge in [-0.25, -0.2) is 9.78 Å². The molecular weight excluding hydrogens is 266 g/mol. The molecular formula is C17H21NO3. The van der Waals surface area contributed by atoms with Crippen LogP contribution in [0.25, 0.3) is 0 Å². The molecule has 21 heavy (non-hydrogen) atoms. The second-order valence-corrected chi connectivity index (χ2v) is 6.27. The number of carbonyl (C=O) groups is 1. The van der Waals surface area contributed by atoms with Crippen LogP contribution in [0.3, 0.4) is 0 Å². The van der Waals surface area contributed by atoms with Gasteiger partial charge in [0.25, 0.3) is 0 Å². The number of hydrogen-bond acceptors (Lipinski definition) is 3. The van der Waals surface area contributed by atoms with Crippen molar-refractivity contribution >= 4 is 5.97 Å². The van der Waals surface area contributed by atoms with Gasteiger partial charge in [-0.2, -0.15) is 0 Å². The molecule has 0 saturated carbocycles. The fourth-order valence-electron chi connectivity index (χ4n) is 2.26. The summed E-state index contributed by atoms with van der Waals surface area (Å²) in [5.41, 5.74) is 2.61. The number of aromatic carboxylic acids is 1. The molecule has 0 radical (unpaired) electrons. The number of nitrogens with zero attached hydrogens (tertiary/aromatic N) is 1. The molecule has 1 N–H and O–H groups in total. The second kappa shape index (κ2) is 5.72. The zero-order chi connectivity index (χ0) is 15.6. The summed E-state index contributed by atoms with van der Waals surface area (Å²) in [7, 11) is 0.